The van der Waals surface area contributed by atoms with Crippen molar-refractivity contribution in [2.45, 2.75) is 19.4 Å². The molecule has 19 heavy (non-hydrogen) atoms. The van der Waals surface area contributed by atoms with Crippen LogP contribution in [0, 0.1) is 5.92 Å². The lowest BCUT2D eigenvalue weighted by atomic mass is 10.1. The van der Waals surface area contributed by atoms with Gasteiger partial charge in [0.25, 0.3) is 0 Å². The average Bonchev–Trinajstić information content (AvgIpc) is 2.82. The Hall–Kier alpha value is -0.950. The number of carboxylic acids is 1. The largest absolute Gasteiger partial charge is 0.480 e. The Balaban J connectivity index is 2.72. The molecule has 1 N–H and O–H groups in total. The van der Waals surface area contributed by atoms with Crippen LogP contribution in [0.5, 0.6) is 0 Å². The fraction of sp³-hybridized carbons (Fsp3) is 0.583. The topological polar surface area (TPSA) is 74.7 Å². The highest BCUT2D eigenvalue weighted by molar-refractivity contribution is 8.13. The number of thioether (sulfide) groups is 2. The first-order valence-corrected chi connectivity index (χ1v) is 7.96. The van der Waals surface area contributed by atoms with Crippen LogP contribution in [0.3, 0.4) is 0 Å². The lowest BCUT2D eigenvalue weighted by Gasteiger charge is -2.25. The summed E-state index contributed by atoms with van der Waals surface area (Å²) in [4.78, 5) is 35.8. The normalized spacial score (nSPS) is 20.1. The summed E-state index contributed by atoms with van der Waals surface area (Å²) in [6.45, 7) is 5.05. The standard InChI is InChI=1S/C12H17NO4S2/c1-3-4-9(5-19-8(2)14)11(15)13-7-18-6-10(13)12(16)17/h3,9-10H,1,4-7H2,2H3,(H,16,17)/t9?,10-/m0/s1. The molecular weight excluding hydrogens is 286 g/mol. The van der Waals surface area contributed by atoms with Crippen LogP contribution in [0.2, 0.25) is 0 Å². The van der Waals surface area contributed by atoms with Gasteiger partial charge in [-0.1, -0.05) is 17.8 Å². The molecule has 7 heteroatoms. The monoisotopic (exact) mass is 303 g/mol. The molecule has 1 unspecified atom stereocenters. The van der Waals surface area contributed by atoms with E-state index >= 15 is 0 Å². The van der Waals surface area contributed by atoms with Crippen LogP contribution in [-0.4, -0.2) is 50.4 Å². The molecule has 1 aliphatic rings. The molecule has 1 rings (SSSR count). The van der Waals surface area contributed by atoms with E-state index in [1.54, 1.807) is 6.08 Å². The van der Waals surface area contributed by atoms with Crippen molar-refractivity contribution >= 4 is 40.5 Å². The molecule has 5 nitrogen and oxygen atoms in total. The second-order valence-electron chi connectivity index (χ2n) is 4.19. The van der Waals surface area contributed by atoms with Crippen LogP contribution in [-0.2, 0) is 14.4 Å². The molecule has 1 fully saturated rings. The van der Waals surface area contributed by atoms with Gasteiger partial charge in [-0.3, -0.25) is 9.59 Å². The minimum atomic E-state index is -0.977. The van der Waals surface area contributed by atoms with E-state index < -0.39 is 12.0 Å². The Morgan fingerprint density at radius 1 is 1.58 bits per heavy atom. The summed E-state index contributed by atoms with van der Waals surface area (Å²) in [5, 5.41) is 9.03. The van der Waals surface area contributed by atoms with Crippen molar-refractivity contribution in [2.24, 2.45) is 5.92 Å². The van der Waals surface area contributed by atoms with Gasteiger partial charge in [-0.05, 0) is 6.42 Å². The third kappa shape index (κ3) is 4.58. The van der Waals surface area contributed by atoms with Crippen LogP contribution >= 0.6 is 23.5 Å². The summed E-state index contributed by atoms with van der Waals surface area (Å²) < 4.78 is 0. The van der Waals surface area contributed by atoms with Crippen molar-refractivity contribution in [1.29, 1.82) is 0 Å². The third-order valence-corrected chi connectivity index (χ3v) is 4.73. The number of amides is 1. The van der Waals surface area contributed by atoms with Crippen molar-refractivity contribution in [3.05, 3.63) is 12.7 Å². The van der Waals surface area contributed by atoms with Crippen molar-refractivity contribution in [3.63, 3.8) is 0 Å². The number of rotatable bonds is 6. The molecule has 106 valence electrons. The molecule has 0 radical (unpaired) electrons. The zero-order valence-electron chi connectivity index (χ0n) is 10.7. The average molecular weight is 303 g/mol. The molecule has 0 aromatic carbocycles. The lowest BCUT2D eigenvalue weighted by molar-refractivity contribution is -0.149. The highest BCUT2D eigenvalue weighted by Gasteiger charge is 2.37. The zero-order valence-corrected chi connectivity index (χ0v) is 12.3. The molecule has 0 aromatic rings. The number of hydrogen-bond acceptors (Lipinski definition) is 5. The number of hydrogen-bond donors (Lipinski definition) is 1. The lowest BCUT2D eigenvalue weighted by Crippen LogP contribution is -2.45. The molecule has 0 aliphatic carbocycles. The Morgan fingerprint density at radius 3 is 2.79 bits per heavy atom. The molecule has 0 saturated carbocycles. The summed E-state index contributed by atoms with van der Waals surface area (Å²) in [6, 6.07) is -0.757. The van der Waals surface area contributed by atoms with Crippen molar-refractivity contribution in [1.82, 2.24) is 4.90 Å². The van der Waals surface area contributed by atoms with E-state index in [4.69, 9.17) is 5.11 Å². The van der Waals surface area contributed by atoms with E-state index in [0.29, 0.717) is 23.8 Å². The van der Waals surface area contributed by atoms with Crippen molar-refractivity contribution in [2.75, 3.05) is 17.4 Å². The second-order valence-corrected chi connectivity index (χ2v) is 6.38. The van der Waals surface area contributed by atoms with Gasteiger partial charge in [0.2, 0.25) is 5.91 Å². The van der Waals surface area contributed by atoms with Crippen molar-refractivity contribution in [3.8, 4) is 0 Å². The molecule has 2 atom stereocenters. The van der Waals surface area contributed by atoms with Gasteiger partial charge in [0.1, 0.15) is 6.04 Å². The van der Waals surface area contributed by atoms with E-state index in [1.165, 1.54) is 23.6 Å². The molecular formula is C12H17NO4S2. The number of carbonyl (C=O) groups is 3. The number of aliphatic carboxylic acids is 1. The van der Waals surface area contributed by atoms with Gasteiger partial charge >= 0.3 is 5.97 Å². The Morgan fingerprint density at radius 2 is 2.26 bits per heavy atom. The maximum absolute atomic E-state index is 12.3. The summed E-state index contributed by atoms with van der Waals surface area (Å²) in [6.07, 6.45) is 2.08. The number of allylic oxidation sites excluding steroid dienone is 1. The minimum absolute atomic E-state index is 0.0487. The zero-order chi connectivity index (χ0) is 14.4. The first-order valence-electron chi connectivity index (χ1n) is 5.82. The summed E-state index contributed by atoms with van der Waals surface area (Å²) in [5.74, 6) is -0.378. The van der Waals surface area contributed by atoms with Gasteiger partial charge in [-0.15, -0.1) is 18.3 Å². The molecule has 1 amide bonds. The molecule has 1 heterocycles. The van der Waals surface area contributed by atoms with Gasteiger partial charge < -0.3 is 10.0 Å². The minimum Gasteiger partial charge on any atom is -0.480 e. The molecule has 0 bridgehead atoms. The van der Waals surface area contributed by atoms with Crippen LogP contribution in [0.4, 0.5) is 0 Å². The maximum Gasteiger partial charge on any atom is 0.327 e. The first kappa shape index (κ1) is 16.1. The molecule has 1 saturated heterocycles. The fourth-order valence-electron chi connectivity index (χ4n) is 1.76. The smallest absolute Gasteiger partial charge is 0.327 e. The Labute approximate surface area is 120 Å². The quantitative estimate of drug-likeness (QED) is 0.749. The van der Waals surface area contributed by atoms with Crippen LogP contribution in [0.15, 0.2) is 12.7 Å². The predicted octanol–water partition coefficient (Wildman–Crippen LogP) is 1.44. The van der Waals surface area contributed by atoms with Crippen LogP contribution in [0.1, 0.15) is 13.3 Å². The molecule has 1 aliphatic heterocycles. The molecule has 0 aromatic heterocycles. The predicted molar refractivity (Wildman–Crippen MR) is 77.0 cm³/mol. The fourth-order valence-corrected chi connectivity index (χ4v) is 3.63. The number of carboxylic acid groups (broad SMARTS) is 1. The first-order chi connectivity index (χ1) is 8.97. The summed E-state index contributed by atoms with van der Waals surface area (Å²) >= 11 is 2.52. The third-order valence-electron chi connectivity index (χ3n) is 2.74. The highest BCUT2D eigenvalue weighted by atomic mass is 32.2. The van der Waals surface area contributed by atoms with Crippen LogP contribution in [0.25, 0.3) is 0 Å². The van der Waals surface area contributed by atoms with Gasteiger partial charge in [0.15, 0.2) is 5.12 Å². The van der Waals surface area contributed by atoms with E-state index in [1.807, 2.05) is 0 Å². The Bertz CT molecular complexity index is 386. The van der Waals surface area contributed by atoms with Gasteiger partial charge in [-0.2, -0.15) is 0 Å². The van der Waals surface area contributed by atoms with Crippen LogP contribution < -0.4 is 0 Å². The summed E-state index contributed by atoms with van der Waals surface area (Å²) in [7, 11) is 0. The number of nitrogens with zero attached hydrogens (tertiary/aromatic N) is 1. The summed E-state index contributed by atoms with van der Waals surface area (Å²) in [5.41, 5.74) is 0. The van der Waals surface area contributed by atoms with Gasteiger partial charge in [-0.25, -0.2) is 4.79 Å². The second kappa shape index (κ2) is 7.59. The highest BCUT2D eigenvalue weighted by Crippen LogP contribution is 2.25. The van der Waals surface area contributed by atoms with Crippen molar-refractivity contribution < 1.29 is 19.5 Å². The van der Waals surface area contributed by atoms with E-state index in [9.17, 15) is 14.4 Å². The molecule has 0 spiro atoms. The Kier molecular flexibility index (Phi) is 6.44. The maximum atomic E-state index is 12.3. The van der Waals surface area contributed by atoms with Gasteiger partial charge in [0, 0.05) is 18.4 Å². The number of carbonyl (C=O) groups excluding carboxylic acids is 2. The van der Waals surface area contributed by atoms with E-state index in [2.05, 4.69) is 6.58 Å². The SMILES string of the molecule is C=CCC(CSC(C)=O)C(=O)N1CSC[C@H]1C(=O)O. The van der Waals surface area contributed by atoms with E-state index in [0.717, 1.165) is 11.8 Å². The van der Waals surface area contributed by atoms with E-state index in [-0.39, 0.29) is 16.9 Å². The van der Waals surface area contributed by atoms with Gasteiger partial charge in [0.05, 0.1) is 11.8 Å².